The van der Waals surface area contributed by atoms with Gasteiger partial charge in [-0.25, -0.2) is 0 Å². The Bertz CT molecular complexity index is 429. The first-order valence-corrected chi connectivity index (χ1v) is 8.75. The van der Waals surface area contributed by atoms with E-state index in [1.807, 2.05) is 22.7 Å². The third-order valence-electron chi connectivity index (χ3n) is 3.24. The summed E-state index contributed by atoms with van der Waals surface area (Å²) >= 11 is 3.83. The Kier molecular flexibility index (Phi) is 5.67. The molecule has 0 bridgehead atoms. The predicted molar refractivity (Wildman–Crippen MR) is 84.9 cm³/mol. The second-order valence-corrected chi connectivity index (χ2v) is 6.86. The summed E-state index contributed by atoms with van der Waals surface area (Å²) in [4.78, 5) is 1.53. The van der Waals surface area contributed by atoms with Crippen molar-refractivity contribution in [3.8, 4) is 0 Å². The molecule has 0 spiro atoms. The number of hydrogen-bond acceptors (Lipinski definition) is 3. The highest BCUT2D eigenvalue weighted by Gasteiger charge is 2.13. The Morgan fingerprint density at radius 3 is 2.78 bits per heavy atom. The molecule has 2 rings (SSSR count). The molecule has 3 heteroatoms. The molecule has 2 aromatic rings. The van der Waals surface area contributed by atoms with Crippen molar-refractivity contribution in [3.63, 3.8) is 0 Å². The van der Waals surface area contributed by atoms with Crippen LogP contribution in [-0.2, 0) is 0 Å². The van der Waals surface area contributed by atoms with E-state index in [1.165, 1.54) is 46.4 Å². The van der Waals surface area contributed by atoms with Gasteiger partial charge in [0.25, 0.3) is 0 Å². The number of fused-ring (bicyclic) bond motifs is 1. The van der Waals surface area contributed by atoms with Crippen molar-refractivity contribution in [2.75, 3.05) is 6.54 Å². The van der Waals surface area contributed by atoms with Crippen molar-refractivity contribution in [2.24, 2.45) is 0 Å². The second kappa shape index (κ2) is 7.27. The third-order valence-corrected chi connectivity index (χ3v) is 5.45. The van der Waals surface area contributed by atoms with E-state index < -0.39 is 0 Å². The summed E-state index contributed by atoms with van der Waals surface area (Å²) in [5, 5.41) is 5.90. The van der Waals surface area contributed by atoms with Gasteiger partial charge in [0.15, 0.2) is 0 Å². The van der Waals surface area contributed by atoms with E-state index in [1.54, 1.807) is 0 Å². The highest BCUT2D eigenvalue weighted by Crippen LogP contribution is 2.35. The van der Waals surface area contributed by atoms with Crippen LogP contribution in [0.4, 0.5) is 0 Å². The molecule has 18 heavy (non-hydrogen) atoms. The highest BCUT2D eigenvalue weighted by atomic mass is 32.1. The maximum Gasteiger partial charge on any atom is 0.0454 e. The first-order valence-electron chi connectivity index (χ1n) is 7.05. The molecule has 0 aliphatic rings. The van der Waals surface area contributed by atoms with E-state index >= 15 is 0 Å². The van der Waals surface area contributed by atoms with Crippen molar-refractivity contribution in [3.05, 3.63) is 22.4 Å². The molecule has 1 atom stereocenters. The average molecular weight is 281 g/mol. The molecule has 100 valence electrons. The molecule has 2 heterocycles. The van der Waals surface area contributed by atoms with Crippen LogP contribution in [0.3, 0.4) is 0 Å². The summed E-state index contributed by atoms with van der Waals surface area (Å²) in [5.74, 6) is 0. The maximum absolute atomic E-state index is 3.71. The third kappa shape index (κ3) is 3.56. The van der Waals surface area contributed by atoms with Crippen molar-refractivity contribution >= 4 is 32.1 Å². The van der Waals surface area contributed by atoms with Gasteiger partial charge >= 0.3 is 0 Å². The van der Waals surface area contributed by atoms with Crippen molar-refractivity contribution < 1.29 is 0 Å². The summed E-state index contributed by atoms with van der Waals surface area (Å²) in [6, 6.07) is 5.21. The van der Waals surface area contributed by atoms with Crippen molar-refractivity contribution in [1.82, 2.24) is 5.32 Å². The summed E-state index contributed by atoms with van der Waals surface area (Å²) in [5.41, 5.74) is 0. The Morgan fingerprint density at radius 2 is 2.06 bits per heavy atom. The summed E-state index contributed by atoms with van der Waals surface area (Å²) in [6.07, 6.45) is 6.49. The molecule has 2 aromatic heterocycles. The fourth-order valence-corrected chi connectivity index (χ4v) is 4.45. The zero-order chi connectivity index (χ0) is 12.8. The summed E-state index contributed by atoms with van der Waals surface area (Å²) < 4.78 is 2.91. The minimum Gasteiger partial charge on any atom is -0.309 e. The average Bonchev–Trinajstić information content (AvgIpc) is 2.94. The number of thiophene rings is 2. The van der Waals surface area contributed by atoms with Gasteiger partial charge in [-0.15, -0.1) is 22.7 Å². The molecule has 0 radical (unpaired) electrons. The monoisotopic (exact) mass is 281 g/mol. The molecule has 0 saturated heterocycles. The van der Waals surface area contributed by atoms with Crippen LogP contribution >= 0.6 is 22.7 Å². The van der Waals surface area contributed by atoms with Crippen molar-refractivity contribution in [1.29, 1.82) is 0 Å². The zero-order valence-corrected chi connectivity index (χ0v) is 13.0. The lowest BCUT2D eigenvalue weighted by Crippen LogP contribution is -2.21. The van der Waals surface area contributed by atoms with E-state index in [4.69, 9.17) is 0 Å². The lowest BCUT2D eigenvalue weighted by molar-refractivity contribution is 0.480. The topological polar surface area (TPSA) is 12.0 Å². The van der Waals surface area contributed by atoms with E-state index in [9.17, 15) is 0 Å². The molecule has 0 amide bonds. The van der Waals surface area contributed by atoms with Gasteiger partial charge in [-0.2, -0.15) is 0 Å². The Balaban J connectivity index is 2.04. The molecule has 0 fully saturated rings. The van der Waals surface area contributed by atoms with E-state index in [-0.39, 0.29) is 0 Å². The first kappa shape index (κ1) is 14.0. The van der Waals surface area contributed by atoms with Gasteiger partial charge < -0.3 is 5.32 Å². The molecule has 0 aliphatic carbocycles. The lowest BCUT2D eigenvalue weighted by Gasteiger charge is -2.16. The fourth-order valence-electron chi connectivity index (χ4n) is 2.22. The molecule has 0 saturated carbocycles. The standard InChI is InChI=1S/C15H23NS2/c1-3-5-6-7-12(16-9-4-2)14-11-15-13(18-14)8-10-17-15/h8,10-12,16H,3-7,9H2,1-2H3. The molecule has 0 aromatic carbocycles. The highest BCUT2D eigenvalue weighted by molar-refractivity contribution is 7.26. The van der Waals surface area contributed by atoms with E-state index in [0.29, 0.717) is 6.04 Å². The zero-order valence-electron chi connectivity index (χ0n) is 11.4. The van der Waals surface area contributed by atoms with Crippen LogP contribution in [0.2, 0.25) is 0 Å². The summed E-state index contributed by atoms with van der Waals surface area (Å²) in [7, 11) is 0. The molecule has 0 aliphatic heterocycles. The Hall–Kier alpha value is -0.380. The first-order chi connectivity index (χ1) is 8.85. The fraction of sp³-hybridized carbons (Fsp3) is 0.600. The molecule has 1 nitrogen and oxygen atoms in total. The minimum absolute atomic E-state index is 0.570. The Morgan fingerprint density at radius 1 is 1.17 bits per heavy atom. The smallest absolute Gasteiger partial charge is 0.0454 e. The maximum atomic E-state index is 3.71. The van der Waals surface area contributed by atoms with Crippen LogP contribution in [0.5, 0.6) is 0 Å². The second-order valence-electron chi connectivity index (χ2n) is 4.80. The van der Waals surface area contributed by atoms with Gasteiger partial charge in [0.2, 0.25) is 0 Å². The Labute approximate surface area is 118 Å². The predicted octanol–water partition coefficient (Wildman–Crippen LogP) is 5.58. The lowest BCUT2D eigenvalue weighted by atomic mass is 10.1. The quantitative estimate of drug-likeness (QED) is 0.622. The van der Waals surface area contributed by atoms with Crippen LogP contribution in [-0.4, -0.2) is 6.54 Å². The minimum atomic E-state index is 0.570. The summed E-state index contributed by atoms with van der Waals surface area (Å²) in [6.45, 7) is 5.64. The number of rotatable bonds is 8. The molecule has 1 unspecified atom stereocenters. The number of nitrogens with one attached hydrogen (secondary N) is 1. The number of unbranched alkanes of at least 4 members (excludes halogenated alkanes) is 2. The van der Waals surface area contributed by atoms with Gasteiger partial charge in [0.05, 0.1) is 0 Å². The molecular formula is C15H23NS2. The van der Waals surface area contributed by atoms with Crippen LogP contribution in [0.25, 0.3) is 9.40 Å². The van der Waals surface area contributed by atoms with E-state index in [0.717, 1.165) is 6.54 Å². The van der Waals surface area contributed by atoms with Crippen molar-refractivity contribution in [2.45, 2.75) is 52.0 Å². The van der Waals surface area contributed by atoms with Crippen LogP contribution < -0.4 is 5.32 Å². The van der Waals surface area contributed by atoms with Gasteiger partial charge in [0.1, 0.15) is 0 Å². The van der Waals surface area contributed by atoms with Gasteiger partial charge in [-0.3, -0.25) is 0 Å². The normalized spacial score (nSPS) is 13.2. The van der Waals surface area contributed by atoms with E-state index in [2.05, 4.69) is 36.7 Å². The van der Waals surface area contributed by atoms with Crippen LogP contribution in [0, 0.1) is 0 Å². The largest absolute Gasteiger partial charge is 0.309 e. The number of hydrogen-bond donors (Lipinski definition) is 1. The van der Waals surface area contributed by atoms with Gasteiger partial charge in [0, 0.05) is 20.3 Å². The van der Waals surface area contributed by atoms with Gasteiger partial charge in [-0.05, 0) is 36.9 Å². The SMILES string of the molecule is CCCCCC(NCCC)c1cc2sccc2s1. The molecular weight excluding hydrogens is 258 g/mol. The molecule has 1 N–H and O–H groups in total. The van der Waals surface area contributed by atoms with Crippen LogP contribution in [0.15, 0.2) is 17.5 Å². The van der Waals surface area contributed by atoms with Gasteiger partial charge in [-0.1, -0.05) is 33.1 Å². The van der Waals surface area contributed by atoms with Crippen LogP contribution in [0.1, 0.15) is 56.9 Å².